The van der Waals surface area contributed by atoms with Crippen molar-refractivity contribution in [1.82, 2.24) is 0 Å². The Morgan fingerprint density at radius 2 is 2.20 bits per heavy atom. The van der Waals surface area contributed by atoms with Gasteiger partial charge in [-0.15, -0.1) is 0 Å². The van der Waals surface area contributed by atoms with Crippen LogP contribution in [0.25, 0.3) is 6.08 Å². The Labute approximate surface area is 88.3 Å². The molecule has 0 unspecified atom stereocenters. The third-order valence-electron chi connectivity index (χ3n) is 2.09. The lowest BCUT2D eigenvalue weighted by atomic mass is 10.0. The second-order valence-electron chi connectivity index (χ2n) is 3.03. The minimum absolute atomic E-state index is 0.240. The van der Waals surface area contributed by atoms with Crippen molar-refractivity contribution >= 4 is 12.0 Å². The molecule has 0 amide bonds. The van der Waals surface area contributed by atoms with Gasteiger partial charge in [0.25, 0.3) is 0 Å². The molecule has 0 aromatic heterocycles. The Hall–Kier alpha value is -2.08. The fraction of sp³-hybridized carbons (Fsp3) is 0.167. The van der Waals surface area contributed by atoms with Crippen LogP contribution < -0.4 is 0 Å². The highest BCUT2D eigenvalue weighted by Gasteiger charge is 2.06. The van der Waals surface area contributed by atoms with Crippen LogP contribution in [0.4, 0.5) is 0 Å². The molecule has 0 atom stereocenters. The summed E-state index contributed by atoms with van der Waals surface area (Å²) in [6.45, 7) is 1.99. The Morgan fingerprint density at radius 3 is 2.73 bits per heavy atom. The molecule has 1 aromatic rings. The number of hydrogen-bond donors (Lipinski definition) is 1. The number of carboxylic acid groups (broad SMARTS) is 1. The van der Waals surface area contributed by atoms with E-state index in [-0.39, 0.29) is 5.57 Å². The first-order chi connectivity index (χ1) is 7.19. The number of carbonyl (C=O) groups is 1. The molecule has 0 heterocycles. The van der Waals surface area contributed by atoms with E-state index >= 15 is 0 Å². The fourth-order valence-electron chi connectivity index (χ4n) is 1.29. The zero-order valence-electron chi connectivity index (χ0n) is 8.40. The largest absolute Gasteiger partial charge is 0.477 e. The molecule has 0 aliphatic carbocycles. The van der Waals surface area contributed by atoms with E-state index in [1.165, 1.54) is 6.08 Å². The van der Waals surface area contributed by atoms with Gasteiger partial charge in [-0.05, 0) is 23.6 Å². The van der Waals surface area contributed by atoms with Crippen molar-refractivity contribution in [2.75, 3.05) is 0 Å². The van der Waals surface area contributed by atoms with Crippen molar-refractivity contribution in [2.45, 2.75) is 13.3 Å². The predicted octanol–water partition coefficient (Wildman–Crippen LogP) is 2.24. The van der Waals surface area contributed by atoms with Crippen LogP contribution in [-0.4, -0.2) is 11.1 Å². The maximum atomic E-state index is 10.6. The molecule has 0 saturated heterocycles. The van der Waals surface area contributed by atoms with Crippen molar-refractivity contribution in [3.8, 4) is 6.07 Å². The van der Waals surface area contributed by atoms with E-state index in [2.05, 4.69) is 0 Å². The average Bonchev–Trinajstić information content (AvgIpc) is 2.25. The summed E-state index contributed by atoms with van der Waals surface area (Å²) in [6.07, 6.45) is 2.21. The molecule has 1 N–H and O–H groups in total. The van der Waals surface area contributed by atoms with Gasteiger partial charge in [0.15, 0.2) is 0 Å². The Morgan fingerprint density at radius 1 is 1.53 bits per heavy atom. The quantitative estimate of drug-likeness (QED) is 0.602. The highest BCUT2D eigenvalue weighted by Crippen LogP contribution is 2.13. The van der Waals surface area contributed by atoms with Crippen LogP contribution in [0.2, 0.25) is 0 Å². The topological polar surface area (TPSA) is 61.1 Å². The molecule has 0 saturated carbocycles. The van der Waals surface area contributed by atoms with Gasteiger partial charge in [0.05, 0.1) is 0 Å². The van der Waals surface area contributed by atoms with Crippen LogP contribution in [0, 0.1) is 11.3 Å². The highest BCUT2D eigenvalue weighted by atomic mass is 16.4. The van der Waals surface area contributed by atoms with E-state index in [1.54, 1.807) is 12.1 Å². The van der Waals surface area contributed by atoms with Crippen LogP contribution in [0.3, 0.4) is 0 Å². The summed E-state index contributed by atoms with van der Waals surface area (Å²) < 4.78 is 0. The van der Waals surface area contributed by atoms with Gasteiger partial charge < -0.3 is 5.11 Å². The van der Waals surface area contributed by atoms with E-state index in [0.717, 1.165) is 17.5 Å². The lowest BCUT2D eigenvalue weighted by Gasteiger charge is -2.01. The number of nitriles is 1. The first kappa shape index (κ1) is 11.0. The van der Waals surface area contributed by atoms with Gasteiger partial charge in [0.1, 0.15) is 11.6 Å². The van der Waals surface area contributed by atoms with Gasteiger partial charge in [-0.1, -0.05) is 31.2 Å². The maximum Gasteiger partial charge on any atom is 0.346 e. The first-order valence-electron chi connectivity index (χ1n) is 4.62. The van der Waals surface area contributed by atoms with Crippen LogP contribution >= 0.6 is 0 Å². The lowest BCUT2D eigenvalue weighted by Crippen LogP contribution is -1.98. The Bertz CT molecular complexity index is 441. The second-order valence-corrected chi connectivity index (χ2v) is 3.03. The van der Waals surface area contributed by atoms with Crippen LogP contribution in [-0.2, 0) is 11.2 Å². The minimum atomic E-state index is -1.19. The molecule has 1 rings (SSSR count). The van der Waals surface area contributed by atoms with Crippen LogP contribution in [0.1, 0.15) is 18.1 Å². The van der Waals surface area contributed by atoms with Crippen molar-refractivity contribution in [1.29, 1.82) is 5.26 Å². The Balaban J connectivity index is 3.18. The zero-order valence-corrected chi connectivity index (χ0v) is 8.40. The SMILES string of the molecule is CCc1ccccc1/C=C(/C#N)C(=O)O. The molecule has 0 spiro atoms. The minimum Gasteiger partial charge on any atom is -0.477 e. The van der Waals surface area contributed by atoms with E-state index in [0.29, 0.717) is 0 Å². The molecule has 3 nitrogen and oxygen atoms in total. The number of carboxylic acids is 1. The number of aryl methyl sites for hydroxylation is 1. The maximum absolute atomic E-state index is 10.6. The summed E-state index contributed by atoms with van der Waals surface area (Å²) in [5, 5.41) is 17.3. The molecule has 0 bridgehead atoms. The van der Waals surface area contributed by atoms with Crippen molar-refractivity contribution in [2.24, 2.45) is 0 Å². The molecule has 15 heavy (non-hydrogen) atoms. The number of benzene rings is 1. The van der Waals surface area contributed by atoms with E-state index in [4.69, 9.17) is 10.4 Å². The van der Waals surface area contributed by atoms with E-state index in [9.17, 15) is 4.79 Å². The summed E-state index contributed by atoms with van der Waals surface area (Å²) in [6, 6.07) is 9.10. The smallest absolute Gasteiger partial charge is 0.346 e. The summed E-state index contributed by atoms with van der Waals surface area (Å²) >= 11 is 0. The van der Waals surface area contributed by atoms with E-state index < -0.39 is 5.97 Å². The zero-order chi connectivity index (χ0) is 11.3. The predicted molar refractivity (Wildman–Crippen MR) is 57.0 cm³/mol. The molecule has 76 valence electrons. The van der Waals surface area contributed by atoms with Crippen LogP contribution in [0.5, 0.6) is 0 Å². The molecule has 0 radical (unpaired) electrons. The third-order valence-corrected chi connectivity index (χ3v) is 2.09. The molecular weight excluding hydrogens is 190 g/mol. The second kappa shape index (κ2) is 4.97. The van der Waals surface area contributed by atoms with Gasteiger partial charge in [0.2, 0.25) is 0 Å². The van der Waals surface area contributed by atoms with Crippen molar-refractivity contribution in [3.05, 3.63) is 41.0 Å². The molecule has 1 aromatic carbocycles. The number of aliphatic carboxylic acids is 1. The monoisotopic (exact) mass is 201 g/mol. The first-order valence-corrected chi connectivity index (χ1v) is 4.62. The summed E-state index contributed by atoms with van der Waals surface area (Å²) in [5.41, 5.74) is 1.58. The highest BCUT2D eigenvalue weighted by molar-refractivity contribution is 5.96. The summed E-state index contributed by atoms with van der Waals surface area (Å²) in [5.74, 6) is -1.19. The number of hydrogen-bond acceptors (Lipinski definition) is 2. The third kappa shape index (κ3) is 2.68. The molecule has 0 aliphatic rings. The molecule has 0 aliphatic heterocycles. The standard InChI is InChI=1S/C12H11NO2/c1-2-9-5-3-4-6-10(9)7-11(8-13)12(14)15/h3-7H,2H2,1H3,(H,14,15)/b11-7-. The molecule has 0 fully saturated rings. The van der Waals surface area contributed by atoms with Crippen molar-refractivity contribution < 1.29 is 9.90 Å². The summed E-state index contributed by atoms with van der Waals surface area (Å²) in [7, 11) is 0. The average molecular weight is 201 g/mol. The van der Waals surface area contributed by atoms with E-state index in [1.807, 2.05) is 25.1 Å². The van der Waals surface area contributed by atoms with Gasteiger partial charge >= 0.3 is 5.97 Å². The lowest BCUT2D eigenvalue weighted by molar-refractivity contribution is -0.132. The number of nitrogens with zero attached hydrogens (tertiary/aromatic N) is 1. The van der Waals surface area contributed by atoms with Gasteiger partial charge in [-0.25, -0.2) is 4.79 Å². The Kier molecular flexibility index (Phi) is 3.64. The summed E-state index contributed by atoms with van der Waals surface area (Å²) in [4.78, 5) is 10.6. The number of rotatable bonds is 3. The fourth-order valence-corrected chi connectivity index (χ4v) is 1.29. The molecule has 3 heteroatoms. The van der Waals surface area contributed by atoms with Crippen molar-refractivity contribution in [3.63, 3.8) is 0 Å². The van der Waals surface area contributed by atoms with Crippen LogP contribution in [0.15, 0.2) is 29.8 Å². The van der Waals surface area contributed by atoms with Gasteiger partial charge in [0, 0.05) is 0 Å². The molecular formula is C12H11NO2. The van der Waals surface area contributed by atoms with Gasteiger partial charge in [-0.3, -0.25) is 0 Å². The normalized spacial score (nSPS) is 10.8. The van der Waals surface area contributed by atoms with Gasteiger partial charge in [-0.2, -0.15) is 5.26 Å².